The van der Waals surface area contributed by atoms with Crippen LogP contribution >= 0.6 is 0 Å². The third-order valence-corrected chi connectivity index (χ3v) is 1.88. The van der Waals surface area contributed by atoms with Gasteiger partial charge in [-0.15, -0.1) is 0 Å². The molecule has 0 saturated heterocycles. The molecule has 0 aliphatic carbocycles. The number of carbonyl (C=O) groups is 3. The summed E-state index contributed by atoms with van der Waals surface area (Å²) in [5, 5.41) is 14.5. The normalized spacial score (nSPS) is 9.41. The van der Waals surface area contributed by atoms with Crippen LogP contribution in [0.15, 0.2) is 30.3 Å². The minimum Gasteiger partial charge on any atom is -0.548 e. The molecule has 0 radical (unpaired) electrons. The molecule has 17 heavy (non-hydrogen) atoms. The number of carbonyl (C=O) groups excluding carboxylic acids is 3. The molecule has 2 amide bonds. The predicted molar refractivity (Wildman–Crippen MR) is 56.8 cm³/mol. The van der Waals surface area contributed by atoms with Crippen molar-refractivity contribution in [3.05, 3.63) is 35.9 Å². The minimum absolute atomic E-state index is 0.277. The standard InChI is InChI=1S/C11H12N2O4/c14-9(12-7-10(15)16)6-13-11(17)8-4-2-1-3-5-8/h1-5H,6-7H2,(H,12,14)(H,13,17)(H,15,16)/p-1. The third kappa shape index (κ3) is 4.78. The second-order valence-electron chi connectivity index (χ2n) is 3.20. The van der Waals surface area contributed by atoms with Crippen LogP contribution in [0, 0.1) is 0 Å². The fourth-order valence-corrected chi connectivity index (χ4v) is 1.09. The summed E-state index contributed by atoms with van der Waals surface area (Å²) in [5.41, 5.74) is 0.431. The van der Waals surface area contributed by atoms with E-state index in [0.29, 0.717) is 5.56 Å². The Morgan fingerprint density at radius 1 is 1.00 bits per heavy atom. The highest BCUT2D eigenvalue weighted by Gasteiger charge is 2.06. The first kappa shape index (κ1) is 12.7. The molecule has 6 heteroatoms. The Balaban J connectivity index is 2.34. The van der Waals surface area contributed by atoms with Gasteiger partial charge in [0.2, 0.25) is 5.91 Å². The number of hydrogen-bond acceptors (Lipinski definition) is 4. The first-order valence-corrected chi connectivity index (χ1v) is 4.89. The topological polar surface area (TPSA) is 98.3 Å². The average Bonchev–Trinajstić information content (AvgIpc) is 2.34. The maximum Gasteiger partial charge on any atom is 0.251 e. The molecule has 0 fully saturated rings. The van der Waals surface area contributed by atoms with Gasteiger partial charge in [0.05, 0.1) is 19.1 Å². The highest BCUT2D eigenvalue weighted by atomic mass is 16.4. The number of amides is 2. The van der Waals surface area contributed by atoms with Crippen molar-refractivity contribution < 1.29 is 19.5 Å². The number of aliphatic carboxylic acids is 1. The Hall–Kier alpha value is -2.37. The van der Waals surface area contributed by atoms with Gasteiger partial charge in [0.15, 0.2) is 0 Å². The summed E-state index contributed by atoms with van der Waals surface area (Å²) in [6.07, 6.45) is 0. The van der Waals surface area contributed by atoms with Crippen LogP contribution in [-0.4, -0.2) is 30.9 Å². The maximum atomic E-state index is 11.5. The van der Waals surface area contributed by atoms with Crippen LogP contribution in [0.2, 0.25) is 0 Å². The number of rotatable bonds is 5. The van der Waals surface area contributed by atoms with Crippen LogP contribution in [-0.2, 0) is 9.59 Å². The molecule has 90 valence electrons. The molecule has 1 aromatic carbocycles. The Morgan fingerprint density at radius 2 is 1.65 bits per heavy atom. The van der Waals surface area contributed by atoms with E-state index < -0.39 is 24.3 Å². The Labute approximate surface area is 97.6 Å². The number of carboxylic acids is 1. The summed E-state index contributed by atoms with van der Waals surface area (Å²) in [6.45, 7) is -0.846. The molecule has 0 heterocycles. The molecule has 2 N–H and O–H groups in total. The van der Waals surface area contributed by atoms with Gasteiger partial charge >= 0.3 is 0 Å². The second-order valence-corrected chi connectivity index (χ2v) is 3.20. The van der Waals surface area contributed by atoms with Crippen molar-refractivity contribution in [2.75, 3.05) is 13.1 Å². The van der Waals surface area contributed by atoms with Crippen molar-refractivity contribution in [3.8, 4) is 0 Å². The monoisotopic (exact) mass is 235 g/mol. The highest BCUT2D eigenvalue weighted by Crippen LogP contribution is 1.96. The summed E-state index contributed by atoms with van der Waals surface area (Å²) < 4.78 is 0. The van der Waals surface area contributed by atoms with Gasteiger partial charge in [0.1, 0.15) is 0 Å². The summed E-state index contributed by atoms with van der Waals surface area (Å²) in [7, 11) is 0. The highest BCUT2D eigenvalue weighted by molar-refractivity contribution is 5.96. The van der Waals surface area contributed by atoms with Gasteiger partial charge in [-0.3, -0.25) is 9.59 Å². The van der Waals surface area contributed by atoms with Crippen LogP contribution in [0.4, 0.5) is 0 Å². The Kier molecular flexibility index (Phi) is 4.68. The number of benzene rings is 1. The van der Waals surface area contributed by atoms with Crippen LogP contribution in [0.5, 0.6) is 0 Å². The van der Waals surface area contributed by atoms with Crippen LogP contribution in [0.1, 0.15) is 10.4 Å². The lowest BCUT2D eigenvalue weighted by Gasteiger charge is -2.07. The Morgan fingerprint density at radius 3 is 2.24 bits per heavy atom. The fourth-order valence-electron chi connectivity index (χ4n) is 1.09. The summed E-state index contributed by atoms with van der Waals surface area (Å²) in [6, 6.07) is 8.38. The lowest BCUT2D eigenvalue weighted by Crippen LogP contribution is -2.42. The zero-order valence-corrected chi connectivity index (χ0v) is 8.93. The van der Waals surface area contributed by atoms with Crippen LogP contribution < -0.4 is 15.7 Å². The van der Waals surface area contributed by atoms with Crippen molar-refractivity contribution in [3.63, 3.8) is 0 Å². The number of hydrogen-bond donors (Lipinski definition) is 2. The molecule has 0 spiro atoms. The van der Waals surface area contributed by atoms with Gasteiger partial charge in [-0.05, 0) is 12.1 Å². The van der Waals surface area contributed by atoms with Crippen molar-refractivity contribution in [1.82, 2.24) is 10.6 Å². The van der Waals surface area contributed by atoms with E-state index in [1.165, 1.54) is 0 Å². The maximum absolute atomic E-state index is 11.5. The fraction of sp³-hybridized carbons (Fsp3) is 0.182. The first-order chi connectivity index (χ1) is 8.09. The van der Waals surface area contributed by atoms with Gasteiger partial charge in [-0.1, -0.05) is 18.2 Å². The molecule has 0 unspecified atom stereocenters. The van der Waals surface area contributed by atoms with E-state index >= 15 is 0 Å². The quantitative estimate of drug-likeness (QED) is 0.634. The molecule has 1 aromatic rings. The predicted octanol–water partition coefficient (Wildman–Crippen LogP) is -1.72. The van der Waals surface area contributed by atoms with E-state index in [-0.39, 0.29) is 6.54 Å². The molecule has 6 nitrogen and oxygen atoms in total. The summed E-state index contributed by atoms with van der Waals surface area (Å²) in [5.74, 6) is -2.36. The van der Waals surface area contributed by atoms with Crippen molar-refractivity contribution in [2.24, 2.45) is 0 Å². The molecule has 0 bridgehead atoms. The van der Waals surface area contributed by atoms with Gasteiger partial charge < -0.3 is 20.5 Å². The van der Waals surface area contributed by atoms with Gasteiger partial charge in [-0.2, -0.15) is 0 Å². The van der Waals surface area contributed by atoms with Crippen LogP contribution in [0.3, 0.4) is 0 Å². The van der Waals surface area contributed by atoms with Crippen LogP contribution in [0.25, 0.3) is 0 Å². The van der Waals surface area contributed by atoms with E-state index in [1.807, 2.05) is 0 Å². The molecule has 0 aromatic heterocycles. The first-order valence-electron chi connectivity index (χ1n) is 4.89. The lowest BCUT2D eigenvalue weighted by atomic mass is 10.2. The smallest absolute Gasteiger partial charge is 0.251 e. The Bertz CT molecular complexity index is 417. The lowest BCUT2D eigenvalue weighted by molar-refractivity contribution is -0.304. The molecule has 0 aliphatic heterocycles. The van der Waals surface area contributed by atoms with Crippen molar-refractivity contribution >= 4 is 17.8 Å². The molecule has 0 atom stereocenters. The molecular formula is C11H11N2O4-. The van der Waals surface area contributed by atoms with Crippen molar-refractivity contribution in [1.29, 1.82) is 0 Å². The van der Waals surface area contributed by atoms with E-state index in [0.717, 1.165) is 0 Å². The minimum atomic E-state index is -1.38. The molecule has 0 saturated carbocycles. The molecular weight excluding hydrogens is 224 g/mol. The molecule has 0 aliphatic rings. The molecule has 1 rings (SSSR count). The van der Waals surface area contributed by atoms with E-state index in [2.05, 4.69) is 10.6 Å². The second kappa shape index (κ2) is 6.26. The summed E-state index contributed by atoms with van der Waals surface area (Å²) >= 11 is 0. The van der Waals surface area contributed by atoms with E-state index in [1.54, 1.807) is 30.3 Å². The van der Waals surface area contributed by atoms with Gasteiger partial charge in [0.25, 0.3) is 5.91 Å². The zero-order valence-electron chi connectivity index (χ0n) is 8.93. The SMILES string of the molecule is O=C([O-])CNC(=O)CNC(=O)c1ccccc1. The van der Waals surface area contributed by atoms with E-state index in [4.69, 9.17) is 0 Å². The van der Waals surface area contributed by atoms with Gasteiger partial charge in [0, 0.05) is 5.56 Å². The average molecular weight is 235 g/mol. The van der Waals surface area contributed by atoms with Crippen molar-refractivity contribution in [2.45, 2.75) is 0 Å². The van der Waals surface area contributed by atoms with E-state index in [9.17, 15) is 19.5 Å². The number of nitrogens with one attached hydrogen (secondary N) is 2. The summed E-state index contributed by atoms with van der Waals surface area (Å²) in [4.78, 5) is 32.6. The van der Waals surface area contributed by atoms with Gasteiger partial charge in [-0.25, -0.2) is 0 Å². The zero-order chi connectivity index (χ0) is 12.7. The number of carboxylic acid groups (broad SMARTS) is 1. The largest absolute Gasteiger partial charge is 0.548 e. The third-order valence-electron chi connectivity index (χ3n) is 1.88.